The molecule has 1 aliphatic heterocycles. The Hall–Kier alpha value is -2.00. The van der Waals surface area contributed by atoms with Crippen LogP contribution < -0.4 is 0 Å². The van der Waals surface area contributed by atoms with E-state index in [9.17, 15) is 10.2 Å². The van der Waals surface area contributed by atoms with E-state index in [-0.39, 0.29) is 0 Å². The molecular formula is C20H25NO2. The molecule has 122 valence electrons. The normalized spacial score (nSPS) is 18.3. The van der Waals surface area contributed by atoms with E-state index >= 15 is 0 Å². The predicted molar refractivity (Wildman–Crippen MR) is 92.8 cm³/mol. The average molecular weight is 311 g/mol. The monoisotopic (exact) mass is 311 g/mol. The van der Waals surface area contributed by atoms with Gasteiger partial charge < -0.3 is 15.1 Å². The lowest BCUT2D eigenvalue weighted by Crippen LogP contribution is -2.31. The molecule has 1 atom stereocenters. The molecule has 1 unspecified atom stereocenters. The van der Waals surface area contributed by atoms with Crippen LogP contribution in [0.5, 0.6) is 11.5 Å². The van der Waals surface area contributed by atoms with E-state index in [1.165, 1.54) is 36.9 Å². The van der Waals surface area contributed by atoms with Crippen LogP contribution >= 0.6 is 0 Å². The summed E-state index contributed by atoms with van der Waals surface area (Å²) in [6.45, 7) is 2.28. The van der Waals surface area contributed by atoms with Gasteiger partial charge in [0, 0.05) is 12.6 Å². The molecule has 23 heavy (non-hydrogen) atoms. The Morgan fingerprint density at radius 1 is 0.826 bits per heavy atom. The number of likely N-dealkylation sites (tertiary alicyclic amines) is 1. The van der Waals surface area contributed by atoms with E-state index < -0.39 is 0 Å². The van der Waals surface area contributed by atoms with Crippen molar-refractivity contribution in [1.82, 2.24) is 4.90 Å². The third-order valence-electron chi connectivity index (χ3n) is 4.83. The van der Waals surface area contributed by atoms with Gasteiger partial charge in [0.15, 0.2) is 0 Å². The van der Waals surface area contributed by atoms with Crippen LogP contribution in [0.25, 0.3) is 0 Å². The van der Waals surface area contributed by atoms with Crippen LogP contribution in [-0.4, -0.2) is 34.2 Å². The number of hydrogen-bond donors (Lipinski definition) is 2. The maximum Gasteiger partial charge on any atom is 0.115 e. The standard InChI is InChI=1S/C20H25NO2/c22-19-9-4-16(5-10-19)3-8-18-2-1-14-21(18)15-13-17-6-11-20(23)12-7-17/h4-7,9-12,18,22-23H,1-3,8,13-15H2. The lowest BCUT2D eigenvalue weighted by molar-refractivity contribution is 0.246. The highest BCUT2D eigenvalue weighted by Gasteiger charge is 2.23. The molecule has 1 fully saturated rings. The summed E-state index contributed by atoms with van der Waals surface area (Å²) >= 11 is 0. The van der Waals surface area contributed by atoms with Crippen molar-refractivity contribution < 1.29 is 10.2 Å². The molecule has 0 aromatic heterocycles. The van der Waals surface area contributed by atoms with Crippen molar-refractivity contribution in [3.05, 3.63) is 59.7 Å². The molecule has 0 bridgehead atoms. The lowest BCUT2D eigenvalue weighted by atomic mass is 10.0. The van der Waals surface area contributed by atoms with Crippen LogP contribution in [0.4, 0.5) is 0 Å². The number of aryl methyl sites for hydroxylation is 1. The lowest BCUT2D eigenvalue weighted by Gasteiger charge is -2.24. The van der Waals surface area contributed by atoms with Crippen molar-refractivity contribution in [1.29, 1.82) is 0 Å². The summed E-state index contributed by atoms with van der Waals surface area (Å²) in [7, 11) is 0. The van der Waals surface area contributed by atoms with Crippen LogP contribution in [0.2, 0.25) is 0 Å². The number of rotatable bonds is 6. The summed E-state index contributed by atoms with van der Waals surface area (Å²) in [5.74, 6) is 0.673. The summed E-state index contributed by atoms with van der Waals surface area (Å²) in [5.41, 5.74) is 2.58. The summed E-state index contributed by atoms with van der Waals surface area (Å²) in [6.07, 6.45) is 5.86. The van der Waals surface area contributed by atoms with E-state index in [4.69, 9.17) is 0 Å². The molecule has 2 aromatic carbocycles. The molecule has 3 rings (SSSR count). The second kappa shape index (κ2) is 7.51. The van der Waals surface area contributed by atoms with Crippen molar-refractivity contribution in [2.24, 2.45) is 0 Å². The fourth-order valence-corrected chi connectivity index (χ4v) is 3.45. The Kier molecular flexibility index (Phi) is 5.19. The summed E-state index contributed by atoms with van der Waals surface area (Å²) in [5, 5.41) is 18.7. The predicted octanol–water partition coefficient (Wildman–Crippen LogP) is 3.74. The molecule has 0 spiro atoms. The average Bonchev–Trinajstić information content (AvgIpc) is 3.01. The molecular weight excluding hydrogens is 286 g/mol. The van der Waals surface area contributed by atoms with Crippen LogP contribution in [0, 0.1) is 0 Å². The zero-order valence-corrected chi connectivity index (χ0v) is 13.5. The minimum absolute atomic E-state index is 0.335. The minimum Gasteiger partial charge on any atom is -0.508 e. The topological polar surface area (TPSA) is 43.7 Å². The molecule has 3 heteroatoms. The van der Waals surface area contributed by atoms with Crippen LogP contribution in [0.3, 0.4) is 0 Å². The summed E-state index contributed by atoms with van der Waals surface area (Å²) < 4.78 is 0. The highest BCUT2D eigenvalue weighted by Crippen LogP contribution is 2.23. The number of hydrogen-bond acceptors (Lipinski definition) is 3. The third kappa shape index (κ3) is 4.49. The van der Waals surface area contributed by atoms with Gasteiger partial charge in [-0.2, -0.15) is 0 Å². The van der Waals surface area contributed by atoms with E-state index in [1.807, 2.05) is 24.3 Å². The van der Waals surface area contributed by atoms with E-state index in [1.54, 1.807) is 24.3 Å². The van der Waals surface area contributed by atoms with Gasteiger partial charge in [-0.1, -0.05) is 24.3 Å². The highest BCUT2D eigenvalue weighted by molar-refractivity contribution is 5.26. The first kappa shape index (κ1) is 15.9. The fourth-order valence-electron chi connectivity index (χ4n) is 3.45. The molecule has 3 nitrogen and oxygen atoms in total. The minimum atomic E-state index is 0.335. The third-order valence-corrected chi connectivity index (χ3v) is 4.83. The van der Waals surface area contributed by atoms with Crippen molar-refractivity contribution >= 4 is 0 Å². The van der Waals surface area contributed by atoms with Crippen molar-refractivity contribution in [3.63, 3.8) is 0 Å². The van der Waals surface area contributed by atoms with Gasteiger partial charge in [0.2, 0.25) is 0 Å². The molecule has 0 saturated carbocycles. The molecule has 1 heterocycles. The Morgan fingerprint density at radius 2 is 1.39 bits per heavy atom. The van der Waals surface area contributed by atoms with Crippen molar-refractivity contribution in [2.45, 2.75) is 38.1 Å². The smallest absolute Gasteiger partial charge is 0.115 e. The highest BCUT2D eigenvalue weighted by atomic mass is 16.3. The second-order valence-electron chi connectivity index (χ2n) is 6.45. The Bertz CT molecular complexity index is 551. The van der Waals surface area contributed by atoms with Gasteiger partial charge in [0.05, 0.1) is 0 Å². The van der Waals surface area contributed by atoms with Gasteiger partial charge in [-0.15, -0.1) is 0 Å². The number of benzene rings is 2. The van der Waals surface area contributed by atoms with E-state index in [0.29, 0.717) is 17.5 Å². The van der Waals surface area contributed by atoms with Gasteiger partial charge in [0.25, 0.3) is 0 Å². The van der Waals surface area contributed by atoms with Gasteiger partial charge >= 0.3 is 0 Å². The molecule has 2 N–H and O–H groups in total. The van der Waals surface area contributed by atoms with Crippen LogP contribution in [0.15, 0.2) is 48.5 Å². The largest absolute Gasteiger partial charge is 0.508 e. The zero-order valence-electron chi connectivity index (χ0n) is 13.5. The molecule has 1 saturated heterocycles. The Morgan fingerprint density at radius 3 is 2.00 bits per heavy atom. The molecule has 0 aliphatic carbocycles. The van der Waals surface area contributed by atoms with E-state index in [0.717, 1.165) is 19.4 Å². The number of phenols is 2. The second-order valence-corrected chi connectivity index (χ2v) is 6.45. The van der Waals surface area contributed by atoms with E-state index in [2.05, 4.69) is 4.90 Å². The summed E-state index contributed by atoms with van der Waals surface area (Å²) in [6, 6.07) is 15.8. The molecule has 0 amide bonds. The quantitative estimate of drug-likeness (QED) is 0.854. The molecule has 2 aromatic rings. The van der Waals surface area contributed by atoms with Gasteiger partial charge in [-0.25, -0.2) is 0 Å². The number of nitrogens with zero attached hydrogens (tertiary/aromatic N) is 1. The van der Waals surface area contributed by atoms with Gasteiger partial charge in [0.1, 0.15) is 11.5 Å². The molecule has 1 aliphatic rings. The summed E-state index contributed by atoms with van der Waals surface area (Å²) in [4.78, 5) is 2.60. The van der Waals surface area contributed by atoms with Crippen LogP contribution in [-0.2, 0) is 12.8 Å². The van der Waals surface area contributed by atoms with Gasteiger partial charge in [-0.05, 0) is 74.0 Å². The Labute approximate surface area is 138 Å². The maximum absolute atomic E-state index is 9.35. The first-order valence-electron chi connectivity index (χ1n) is 8.50. The molecule has 0 radical (unpaired) electrons. The first-order valence-corrected chi connectivity index (χ1v) is 8.50. The maximum atomic E-state index is 9.35. The Balaban J connectivity index is 1.49. The van der Waals surface area contributed by atoms with Crippen molar-refractivity contribution in [2.75, 3.05) is 13.1 Å². The fraction of sp³-hybridized carbons (Fsp3) is 0.400. The zero-order chi connectivity index (χ0) is 16.1. The van der Waals surface area contributed by atoms with Gasteiger partial charge in [-0.3, -0.25) is 0 Å². The first-order chi connectivity index (χ1) is 11.2. The van der Waals surface area contributed by atoms with Crippen molar-refractivity contribution in [3.8, 4) is 11.5 Å². The van der Waals surface area contributed by atoms with Crippen LogP contribution in [0.1, 0.15) is 30.4 Å². The SMILES string of the molecule is Oc1ccc(CCC2CCCN2CCc2ccc(O)cc2)cc1. The number of phenolic OH excluding ortho intramolecular Hbond substituents is 2. The number of aromatic hydroxyl groups is 2.